The van der Waals surface area contributed by atoms with Crippen LogP contribution in [-0.4, -0.2) is 58.3 Å². The molecule has 156 valence electrons. The van der Waals surface area contributed by atoms with E-state index in [2.05, 4.69) is 19.9 Å². The van der Waals surface area contributed by atoms with E-state index in [1.165, 1.54) is 37.7 Å². The minimum Gasteiger partial charge on any atom is -0.469 e. The molecule has 1 saturated carbocycles. The molecule has 1 aromatic rings. The Morgan fingerprint density at radius 3 is 2.64 bits per heavy atom. The summed E-state index contributed by atoms with van der Waals surface area (Å²) in [5.74, 6) is 2.72. The lowest BCUT2D eigenvalue weighted by Crippen LogP contribution is -2.51. The van der Waals surface area contributed by atoms with Gasteiger partial charge in [-0.15, -0.1) is 11.8 Å². The molecule has 1 aliphatic carbocycles. The first-order valence-electron chi connectivity index (χ1n) is 10.00. The van der Waals surface area contributed by atoms with E-state index in [-0.39, 0.29) is 12.0 Å². The van der Waals surface area contributed by atoms with Gasteiger partial charge in [0, 0.05) is 17.8 Å². The van der Waals surface area contributed by atoms with Crippen molar-refractivity contribution in [3.8, 4) is 0 Å². The number of thioether (sulfide) groups is 2. The van der Waals surface area contributed by atoms with Crippen molar-refractivity contribution in [1.29, 1.82) is 0 Å². The molecule has 1 saturated heterocycles. The number of carbonyl (C=O) groups excluding carboxylic acids is 2. The Labute approximate surface area is 179 Å². The number of rotatable bonds is 7. The number of hydrogen-bond acceptors (Lipinski definition) is 7. The van der Waals surface area contributed by atoms with E-state index >= 15 is 0 Å². The molecule has 2 heterocycles. The summed E-state index contributed by atoms with van der Waals surface area (Å²) in [7, 11) is 1.40. The standard InChI is InChI=1S/C19H29N3O3S3/c1-25-16(23)9-12-27-17-13-20-18(28-17)21-19(24)22(14-5-3-2-4-6-14)15-7-10-26-11-8-15/h13-15H,2-12H2,1H3,(H,20,21,24). The molecule has 2 fully saturated rings. The SMILES string of the molecule is COC(=O)CCSc1cnc(NC(=O)N(C2CCCCC2)C2CCSCC2)s1. The Bertz CT molecular complexity index is 625. The number of ether oxygens (including phenoxy) is 1. The molecule has 3 rings (SSSR count). The van der Waals surface area contributed by atoms with E-state index in [4.69, 9.17) is 0 Å². The third kappa shape index (κ3) is 6.29. The van der Waals surface area contributed by atoms with Crippen LogP contribution in [0.25, 0.3) is 0 Å². The van der Waals surface area contributed by atoms with Gasteiger partial charge in [-0.25, -0.2) is 9.78 Å². The van der Waals surface area contributed by atoms with Crippen LogP contribution in [0.3, 0.4) is 0 Å². The second-order valence-corrected chi connectivity index (χ2v) is 10.8. The van der Waals surface area contributed by atoms with E-state index in [9.17, 15) is 9.59 Å². The lowest BCUT2D eigenvalue weighted by atomic mass is 9.92. The molecular formula is C19H29N3O3S3. The first kappa shape index (κ1) is 21.8. The number of methoxy groups -OCH3 is 1. The molecule has 9 heteroatoms. The summed E-state index contributed by atoms with van der Waals surface area (Å²) >= 11 is 5.02. The Hall–Kier alpha value is -0.930. The molecule has 0 spiro atoms. The molecule has 1 aliphatic heterocycles. The average molecular weight is 444 g/mol. The van der Waals surface area contributed by atoms with Gasteiger partial charge in [0.1, 0.15) is 0 Å². The van der Waals surface area contributed by atoms with Crippen molar-refractivity contribution in [2.75, 3.05) is 29.7 Å². The maximum absolute atomic E-state index is 13.2. The molecular weight excluding hydrogens is 414 g/mol. The van der Waals surface area contributed by atoms with Crippen molar-refractivity contribution in [2.45, 2.75) is 67.7 Å². The molecule has 2 aliphatic rings. The molecule has 0 radical (unpaired) electrons. The third-order valence-electron chi connectivity index (χ3n) is 5.26. The van der Waals surface area contributed by atoms with Gasteiger partial charge in [-0.2, -0.15) is 11.8 Å². The van der Waals surface area contributed by atoms with Gasteiger partial charge in [-0.05, 0) is 37.2 Å². The molecule has 28 heavy (non-hydrogen) atoms. The van der Waals surface area contributed by atoms with Gasteiger partial charge in [0.15, 0.2) is 5.13 Å². The van der Waals surface area contributed by atoms with Crippen molar-refractivity contribution in [1.82, 2.24) is 9.88 Å². The lowest BCUT2D eigenvalue weighted by Gasteiger charge is -2.41. The Kier molecular flexibility index (Phi) is 8.79. The van der Waals surface area contributed by atoms with Crippen LogP contribution in [0.5, 0.6) is 0 Å². The zero-order valence-corrected chi connectivity index (χ0v) is 18.8. The molecule has 2 amide bonds. The van der Waals surface area contributed by atoms with Crippen molar-refractivity contribution in [3.63, 3.8) is 0 Å². The first-order valence-corrected chi connectivity index (χ1v) is 13.0. The van der Waals surface area contributed by atoms with Crippen LogP contribution in [0.2, 0.25) is 0 Å². The smallest absolute Gasteiger partial charge is 0.324 e. The second kappa shape index (κ2) is 11.3. The topological polar surface area (TPSA) is 71.5 Å². The summed E-state index contributed by atoms with van der Waals surface area (Å²) in [6.45, 7) is 0. The summed E-state index contributed by atoms with van der Waals surface area (Å²) in [5, 5.41) is 3.69. The highest BCUT2D eigenvalue weighted by Gasteiger charge is 2.33. The van der Waals surface area contributed by atoms with E-state index in [0.717, 1.165) is 41.4 Å². The largest absolute Gasteiger partial charge is 0.469 e. The Morgan fingerprint density at radius 1 is 1.21 bits per heavy atom. The van der Waals surface area contributed by atoms with E-state index in [1.54, 1.807) is 18.0 Å². The number of aromatic nitrogens is 1. The van der Waals surface area contributed by atoms with Gasteiger partial charge in [0.25, 0.3) is 0 Å². The third-order valence-corrected chi connectivity index (χ3v) is 8.42. The zero-order valence-electron chi connectivity index (χ0n) is 16.4. The molecule has 1 N–H and O–H groups in total. The molecule has 6 nitrogen and oxygen atoms in total. The summed E-state index contributed by atoms with van der Waals surface area (Å²) in [4.78, 5) is 30.9. The molecule has 0 bridgehead atoms. The minimum absolute atomic E-state index is 0.00395. The summed E-state index contributed by atoms with van der Waals surface area (Å²) in [6, 6.07) is 0.707. The maximum atomic E-state index is 13.2. The van der Waals surface area contributed by atoms with Gasteiger partial charge in [0.2, 0.25) is 0 Å². The predicted octanol–water partition coefficient (Wildman–Crippen LogP) is 4.86. The fraction of sp³-hybridized carbons (Fsp3) is 0.737. The van der Waals surface area contributed by atoms with E-state index < -0.39 is 0 Å². The number of amides is 2. The van der Waals surface area contributed by atoms with E-state index in [1.807, 2.05) is 11.8 Å². The van der Waals surface area contributed by atoms with Crippen LogP contribution < -0.4 is 5.32 Å². The van der Waals surface area contributed by atoms with Gasteiger partial charge in [-0.3, -0.25) is 10.1 Å². The predicted molar refractivity (Wildman–Crippen MR) is 118 cm³/mol. The van der Waals surface area contributed by atoms with Gasteiger partial charge in [0.05, 0.1) is 23.9 Å². The molecule has 0 atom stereocenters. The van der Waals surface area contributed by atoms with Crippen molar-refractivity contribution >= 4 is 52.0 Å². The second-order valence-electron chi connectivity index (χ2n) is 7.13. The van der Waals surface area contributed by atoms with Crippen LogP contribution in [0.1, 0.15) is 51.4 Å². The van der Waals surface area contributed by atoms with Gasteiger partial charge < -0.3 is 9.64 Å². The number of nitrogens with zero attached hydrogens (tertiary/aromatic N) is 2. The summed E-state index contributed by atoms with van der Waals surface area (Å²) < 4.78 is 5.66. The highest BCUT2D eigenvalue weighted by Crippen LogP contribution is 2.32. The number of nitrogens with one attached hydrogen (secondary N) is 1. The van der Waals surface area contributed by atoms with Crippen LogP contribution in [-0.2, 0) is 9.53 Å². The Morgan fingerprint density at radius 2 is 1.93 bits per heavy atom. The Balaban J connectivity index is 1.59. The van der Waals surface area contributed by atoms with Crippen molar-refractivity contribution in [3.05, 3.63) is 6.20 Å². The van der Waals surface area contributed by atoms with Crippen molar-refractivity contribution in [2.24, 2.45) is 0 Å². The van der Waals surface area contributed by atoms with Crippen LogP contribution in [0.15, 0.2) is 10.4 Å². The normalized spacial score (nSPS) is 18.6. The lowest BCUT2D eigenvalue weighted by molar-refractivity contribution is -0.140. The number of esters is 1. The first-order chi connectivity index (χ1) is 13.7. The number of carbonyl (C=O) groups is 2. The van der Waals surface area contributed by atoms with Crippen LogP contribution in [0, 0.1) is 0 Å². The number of anilines is 1. The number of urea groups is 1. The zero-order chi connectivity index (χ0) is 19.8. The van der Waals surface area contributed by atoms with Gasteiger partial charge >= 0.3 is 12.0 Å². The maximum Gasteiger partial charge on any atom is 0.324 e. The fourth-order valence-corrected chi connectivity index (χ4v) is 6.77. The molecule has 1 aromatic heterocycles. The van der Waals surface area contributed by atoms with Crippen molar-refractivity contribution < 1.29 is 14.3 Å². The highest BCUT2D eigenvalue weighted by molar-refractivity contribution is 8.01. The van der Waals surface area contributed by atoms with Crippen LogP contribution >= 0.6 is 34.9 Å². The minimum atomic E-state index is -0.209. The van der Waals surface area contributed by atoms with Gasteiger partial charge in [-0.1, -0.05) is 30.6 Å². The van der Waals surface area contributed by atoms with Crippen LogP contribution in [0.4, 0.5) is 9.93 Å². The summed E-state index contributed by atoms with van der Waals surface area (Å²) in [6.07, 6.45) is 10.3. The number of thiazole rings is 1. The summed E-state index contributed by atoms with van der Waals surface area (Å²) in [5.41, 5.74) is 0. The molecule has 0 unspecified atom stereocenters. The highest BCUT2D eigenvalue weighted by atomic mass is 32.2. The monoisotopic (exact) mass is 443 g/mol. The van der Waals surface area contributed by atoms with E-state index in [0.29, 0.717) is 29.4 Å². The quantitative estimate of drug-likeness (QED) is 0.479. The average Bonchev–Trinajstić information content (AvgIpc) is 3.16. The number of hydrogen-bond donors (Lipinski definition) is 1. The fourth-order valence-electron chi connectivity index (χ4n) is 3.83. The molecule has 0 aromatic carbocycles.